The lowest BCUT2D eigenvalue weighted by atomic mass is 10.1. The summed E-state index contributed by atoms with van der Waals surface area (Å²) in [6, 6.07) is 5.14. The molecule has 2 atom stereocenters. The number of nitrogens with one attached hydrogen (secondary N) is 1. The Balaban J connectivity index is 2.12. The van der Waals surface area contributed by atoms with Crippen LogP contribution in [0.3, 0.4) is 0 Å². The quantitative estimate of drug-likeness (QED) is 0.756. The van der Waals surface area contributed by atoms with Crippen LogP contribution >= 0.6 is 11.8 Å². The molecule has 2 nitrogen and oxygen atoms in total. The van der Waals surface area contributed by atoms with Crippen LogP contribution in [0.4, 0.5) is 0 Å². The summed E-state index contributed by atoms with van der Waals surface area (Å²) in [5.74, 6) is 3.48. The van der Waals surface area contributed by atoms with Crippen molar-refractivity contribution in [3.63, 3.8) is 0 Å². The molecule has 0 bridgehead atoms. The molecule has 92 valence electrons. The molecule has 3 heteroatoms. The summed E-state index contributed by atoms with van der Waals surface area (Å²) in [6.45, 7) is 6.71. The Morgan fingerprint density at radius 1 is 1.38 bits per heavy atom. The highest BCUT2D eigenvalue weighted by Gasteiger charge is 2.07. The van der Waals surface area contributed by atoms with E-state index in [1.165, 1.54) is 11.5 Å². The first kappa shape index (κ1) is 13.7. The molecular formula is C13H23NOS. The van der Waals surface area contributed by atoms with Crippen LogP contribution in [-0.2, 0) is 6.42 Å². The normalized spacial score (nSPS) is 14.9. The highest BCUT2D eigenvalue weighted by atomic mass is 32.2. The van der Waals surface area contributed by atoms with Gasteiger partial charge in [0.05, 0.1) is 6.26 Å². The van der Waals surface area contributed by atoms with E-state index in [0.717, 1.165) is 18.6 Å². The van der Waals surface area contributed by atoms with Crippen molar-refractivity contribution in [2.24, 2.45) is 0 Å². The zero-order chi connectivity index (χ0) is 11.8. The second-order valence-electron chi connectivity index (χ2n) is 4.25. The first-order chi connectivity index (χ1) is 7.72. The Morgan fingerprint density at radius 2 is 2.19 bits per heavy atom. The molecule has 1 aromatic rings. The van der Waals surface area contributed by atoms with Crippen molar-refractivity contribution < 1.29 is 4.42 Å². The molecule has 1 aromatic heterocycles. The fraction of sp³-hybridized carbons (Fsp3) is 0.692. The van der Waals surface area contributed by atoms with Crippen LogP contribution in [0, 0.1) is 0 Å². The Hall–Kier alpha value is -0.410. The average molecular weight is 241 g/mol. The van der Waals surface area contributed by atoms with E-state index in [4.69, 9.17) is 4.42 Å². The summed E-state index contributed by atoms with van der Waals surface area (Å²) in [5.41, 5.74) is 0. The molecular weight excluding hydrogens is 218 g/mol. The van der Waals surface area contributed by atoms with E-state index in [9.17, 15) is 0 Å². The molecule has 0 aliphatic carbocycles. The van der Waals surface area contributed by atoms with Gasteiger partial charge >= 0.3 is 0 Å². The van der Waals surface area contributed by atoms with Crippen LogP contribution in [0.5, 0.6) is 0 Å². The number of aryl methyl sites for hydroxylation is 1. The van der Waals surface area contributed by atoms with Crippen LogP contribution in [0.1, 0.15) is 33.0 Å². The maximum Gasteiger partial charge on any atom is 0.103 e. The molecule has 1 rings (SSSR count). The van der Waals surface area contributed by atoms with Crippen LogP contribution in [0.2, 0.25) is 0 Å². The van der Waals surface area contributed by atoms with Gasteiger partial charge in [-0.1, -0.05) is 6.92 Å². The summed E-state index contributed by atoms with van der Waals surface area (Å²) < 4.78 is 5.32. The molecule has 0 spiro atoms. The van der Waals surface area contributed by atoms with Gasteiger partial charge in [-0.2, -0.15) is 11.8 Å². The van der Waals surface area contributed by atoms with E-state index in [2.05, 4.69) is 26.1 Å². The van der Waals surface area contributed by atoms with E-state index in [0.29, 0.717) is 12.1 Å². The first-order valence-corrected chi connectivity index (χ1v) is 7.24. The van der Waals surface area contributed by atoms with Crippen LogP contribution < -0.4 is 5.32 Å². The Morgan fingerprint density at radius 3 is 2.81 bits per heavy atom. The van der Waals surface area contributed by atoms with E-state index in [1.54, 1.807) is 6.26 Å². The average Bonchev–Trinajstić information content (AvgIpc) is 2.76. The van der Waals surface area contributed by atoms with E-state index >= 15 is 0 Å². The zero-order valence-electron chi connectivity index (χ0n) is 10.5. The van der Waals surface area contributed by atoms with Gasteiger partial charge in [-0.3, -0.25) is 0 Å². The van der Waals surface area contributed by atoms with Crippen molar-refractivity contribution in [3.8, 4) is 0 Å². The summed E-state index contributed by atoms with van der Waals surface area (Å²) in [5, 5.41) is 3.61. The minimum atomic E-state index is 0.553. The number of hydrogen-bond donors (Lipinski definition) is 1. The van der Waals surface area contributed by atoms with Gasteiger partial charge in [0.1, 0.15) is 5.76 Å². The van der Waals surface area contributed by atoms with Crippen molar-refractivity contribution in [1.82, 2.24) is 5.32 Å². The Labute approximate surface area is 103 Å². The minimum Gasteiger partial charge on any atom is -0.469 e. The first-order valence-electron chi connectivity index (χ1n) is 6.08. The smallest absolute Gasteiger partial charge is 0.103 e. The summed E-state index contributed by atoms with van der Waals surface area (Å²) in [6.07, 6.45) is 3.90. The second kappa shape index (κ2) is 7.80. The topological polar surface area (TPSA) is 25.2 Å². The molecule has 0 aromatic carbocycles. The molecule has 1 N–H and O–H groups in total. The van der Waals surface area contributed by atoms with E-state index in [-0.39, 0.29) is 0 Å². The van der Waals surface area contributed by atoms with Gasteiger partial charge in [-0.05, 0) is 38.2 Å². The third kappa shape index (κ3) is 5.61. The van der Waals surface area contributed by atoms with Gasteiger partial charge in [-0.25, -0.2) is 0 Å². The number of rotatable bonds is 8. The summed E-state index contributed by atoms with van der Waals surface area (Å²) in [7, 11) is 0. The van der Waals surface area contributed by atoms with E-state index in [1.807, 2.05) is 23.9 Å². The van der Waals surface area contributed by atoms with Gasteiger partial charge in [0.25, 0.3) is 0 Å². The largest absolute Gasteiger partial charge is 0.469 e. The van der Waals surface area contributed by atoms with Gasteiger partial charge in [0.2, 0.25) is 0 Å². The van der Waals surface area contributed by atoms with Gasteiger partial charge in [0, 0.05) is 24.3 Å². The Kier molecular flexibility index (Phi) is 6.65. The maximum atomic E-state index is 5.32. The van der Waals surface area contributed by atoms with Crippen molar-refractivity contribution in [2.45, 2.75) is 45.7 Å². The molecule has 1 heterocycles. The van der Waals surface area contributed by atoms with Gasteiger partial charge in [-0.15, -0.1) is 0 Å². The number of hydrogen-bond acceptors (Lipinski definition) is 3. The number of furan rings is 1. The zero-order valence-corrected chi connectivity index (χ0v) is 11.3. The fourth-order valence-electron chi connectivity index (χ4n) is 1.73. The maximum absolute atomic E-state index is 5.32. The predicted octanol–water partition coefficient (Wildman–Crippen LogP) is 3.33. The van der Waals surface area contributed by atoms with Crippen LogP contribution in [0.15, 0.2) is 22.8 Å². The van der Waals surface area contributed by atoms with Crippen molar-refractivity contribution in [3.05, 3.63) is 24.2 Å². The standard InChI is InChI=1S/C13H23NOS/c1-4-16-10-12(3)14-11(2)7-8-13-6-5-9-15-13/h5-6,9,11-12,14H,4,7-8,10H2,1-3H3. The summed E-state index contributed by atoms with van der Waals surface area (Å²) in [4.78, 5) is 0. The molecule has 0 fully saturated rings. The molecule has 16 heavy (non-hydrogen) atoms. The molecule has 0 aliphatic heterocycles. The lowest BCUT2D eigenvalue weighted by Gasteiger charge is -2.19. The molecule has 0 saturated heterocycles. The molecule has 0 aliphatic rings. The van der Waals surface area contributed by atoms with E-state index < -0.39 is 0 Å². The lowest BCUT2D eigenvalue weighted by molar-refractivity contribution is 0.439. The summed E-state index contributed by atoms with van der Waals surface area (Å²) >= 11 is 1.99. The minimum absolute atomic E-state index is 0.553. The monoisotopic (exact) mass is 241 g/mol. The molecule has 2 unspecified atom stereocenters. The third-order valence-electron chi connectivity index (χ3n) is 2.54. The van der Waals surface area contributed by atoms with Crippen LogP contribution in [-0.4, -0.2) is 23.6 Å². The fourth-order valence-corrected chi connectivity index (χ4v) is 2.41. The highest BCUT2D eigenvalue weighted by molar-refractivity contribution is 7.99. The Bertz CT molecular complexity index is 261. The molecule has 0 radical (unpaired) electrons. The SMILES string of the molecule is CCSCC(C)NC(C)CCc1ccco1. The third-order valence-corrected chi connectivity index (χ3v) is 3.69. The second-order valence-corrected chi connectivity index (χ2v) is 5.57. The molecule has 0 saturated carbocycles. The lowest BCUT2D eigenvalue weighted by Crippen LogP contribution is -2.36. The van der Waals surface area contributed by atoms with Gasteiger partial charge in [0.15, 0.2) is 0 Å². The van der Waals surface area contributed by atoms with Crippen molar-refractivity contribution in [1.29, 1.82) is 0 Å². The number of thioether (sulfide) groups is 1. The molecule has 0 amide bonds. The van der Waals surface area contributed by atoms with Crippen molar-refractivity contribution in [2.75, 3.05) is 11.5 Å². The predicted molar refractivity (Wildman–Crippen MR) is 72.1 cm³/mol. The van der Waals surface area contributed by atoms with Crippen LogP contribution in [0.25, 0.3) is 0 Å². The van der Waals surface area contributed by atoms with Crippen molar-refractivity contribution >= 4 is 11.8 Å². The van der Waals surface area contributed by atoms with Gasteiger partial charge < -0.3 is 9.73 Å². The highest BCUT2D eigenvalue weighted by Crippen LogP contribution is 2.07.